The van der Waals surface area contributed by atoms with Crippen molar-refractivity contribution in [1.82, 2.24) is 4.31 Å². The van der Waals surface area contributed by atoms with Gasteiger partial charge in [-0.25, -0.2) is 8.42 Å². The van der Waals surface area contributed by atoms with E-state index in [0.717, 1.165) is 18.4 Å². The van der Waals surface area contributed by atoms with Gasteiger partial charge in [0.05, 0.1) is 5.02 Å². The van der Waals surface area contributed by atoms with E-state index in [1.54, 1.807) is 18.2 Å². The van der Waals surface area contributed by atoms with Gasteiger partial charge in [-0.05, 0) is 36.0 Å². The first-order valence-corrected chi connectivity index (χ1v) is 8.57. The molecule has 0 unspecified atom stereocenters. The van der Waals surface area contributed by atoms with Gasteiger partial charge in [0.15, 0.2) is 0 Å². The van der Waals surface area contributed by atoms with Crippen LogP contribution >= 0.6 is 11.6 Å². The van der Waals surface area contributed by atoms with Gasteiger partial charge in [-0.1, -0.05) is 31.5 Å². The van der Waals surface area contributed by atoms with Crippen LogP contribution in [0, 0.1) is 5.41 Å². The summed E-state index contributed by atoms with van der Waals surface area (Å²) in [6.45, 7) is 5.77. The smallest absolute Gasteiger partial charge is 0.244 e. The number of sulfonamides is 1. The Kier molecular flexibility index (Phi) is 4.44. The fourth-order valence-electron chi connectivity index (χ4n) is 2.35. The molecule has 1 saturated heterocycles. The number of nitrogens with two attached hydrogens (primary N) is 1. The molecule has 0 atom stereocenters. The van der Waals surface area contributed by atoms with E-state index >= 15 is 0 Å². The lowest BCUT2D eigenvalue weighted by Gasteiger charge is -2.36. The molecule has 1 heterocycles. The average Bonchev–Trinajstić information content (AvgIpc) is 2.37. The predicted octanol–water partition coefficient (Wildman–Crippen LogP) is 2.61. The first-order chi connectivity index (χ1) is 9.26. The maximum absolute atomic E-state index is 12.6. The second-order valence-corrected chi connectivity index (χ2v) is 8.35. The zero-order valence-corrected chi connectivity index (χ0v) is 13.5. The number of benzene rings is 1. The van der Waals surface area contributed by atoms with Crippen LogP contribution in [0.15, 0.2) is 23.1 Å². The summed E-state index contributed by atoms with van der Waals surface area (Å²) in [6.07, 6.45) is 1.73. The molecule has 0 aliphatic carbocycles. The summed E-state index contributed by atoms with van der Waals surface area (Å²) in [4.78, 5) is 0.177. The molecule has 1 aromatic carbocycles. The Labute approximate surface area is 126 Å². The van der Waals surface area contributed by atoms with Crippen molar-refractivity contribution in [2.24, 2.45) is 11.1 Å². The van der Waals surface area contributed by atoms with Crippen molar-refractivity contribution >= 4 is 21.6 Å². The largest absolute Gasteiger partial charge is 0.326 e. The summed E-state index contributed by atoms with van der Waals surface area (Å²) < 4.78 is 26.8. The van der Waals surface area contributed by atoms with Crippen molar-refractivity contribution in [2.45, 2.75) is 38.1 Å². The van der Waals surface area contributed by atoms with E-state index in [2.05, 4.69) is 13.8 Å². The van der Waals surface area contributed by atoms with Crippen LogP contribution < -0.4 is 5.73 Å². The SMILES string of the molecule is CC1(C)CCN(S(=O)(=O)c2ccc(CN)cc2Cl)CC1. The number of halogens is 1. The minimum Gasteiger partial charge on any atom is -0.326 e. The number of nitrogens with zero attached hydrogens (tertiary/aromatic N) is 1. The van der Waals surface area contributed by atoms with E-state index in [9.17, 15) is 8.42 Å². The van der Waals surface area contributed by atoms with E-state index < -0.39 is 10.0 Å². The number of hydrogen-bond acceptors (Lipinski definition) is 3. The highest BCUT2D eigenvalue weighted by Crippen LogP contribution is 2.34. The van der Waals surface area contributed by atoms with Crippen molar-refractivity contribution in [3.63, 3.8) is 0 Å². The van der Waals surface area contributed by atoms with Crippen LogP contribution in [-0.4, -0.2) is 25.8 Å². The van der Waals surface area contributed by atoms with Gasteiger partial charge in [0.1, 0.15) is 4.90 Å². The number of piperidine rings is 1. The van der Waals surface area contributed by atoms with Crippen LogP contribution in [0.2, 0.25) is 5.02 Å². The fraction of sp³-hybridized carbons (Fsp3) is 0.571. The second kappa shape index (κ2) is 5.64. The lowest BCUT2D eigenvalue weighted by Crippen LogP contribution is -2.41. The summed E-state index contributed by atoms with van der Waals surface area (Å²) in [5, 5.41) is 0.248. The third-order valence-corrected chi connectivity index (χ3v) is 6.31. The molecule has 112 valence electrons. The van der Waals surface area contributed by atoms with Crippen molar-refractivity contribution in [2.75, 3.05) is 13.1 Å². The van der Waals surface area contributed by atoms with Gasteiger partial charge in [-0.3, -0.25) is 0 Å². The topological polar surface area (TPSA) is 63.4 Å². The molecule has 0 radical (unpaired) electrons. The minimum absolute atomic E-state index is 0.177. The third-order valence-electron chi connectivity index (χ3n) is 3.93. The molecule has 2 N–H and O–H groups in total. The second-order valence-electron chi connectivity index (χ2n) is 6.04. The highest BCUT2D eigenvalue weighted by atomic mass is 35.5. The molecule has 4 nitrogen and oxygen atoms in total. The first kappa shape index (κ1) is 15.8. The van der Waals surface area contributed by atoms with Gasteiger partial charge in [-0.2, -0.15) is 4.31 Å². The molecule has 0 amide bonds. The van der Waals surface area contributed by atoms with Crippen molar-refractivity contribution < 1.29 is 8.42 Å². The molecule has 0 saturated carbocycles. The molecule has 0 spiro atoms. The van der Waals surface area contributed by atoms with E-state index in [1.165, 1.54) is 4.31 Å². The van der Waals surface area contributed by atoms with Crippen LogP contribution in [0.4, 0.5) is 0 Å². The Balaban J connectivity index is 2.27. The summed E-state index contributed by atoms with van der Waals surface area (Å²) >= 11 is 6.11. The molecule has 1 aliphatic heterocycles. The van der Waals surface area contributed by atoms with Crippen molar-refractivity contribution in [3.05, 3.63) is 28.8 Å². The molecular weight excluding hydrogens is 296 g/mol. The van der Waals surface area contributed by atoms with E-state index in [-0.39, 0.29) is 15.3 Å². The molecule has 1 aromatic rings. The van der Waals surface area contributed by atoms with Crippen LogP contribution in [0.25, 0.3) is 0 Å². The van der Waals surface area contributed by atoms with Gasteiger partial charge in [0.25, 0.3) is 0 Å². The first-order valence-electron chi connectivity index (χ1n) is 6.75. The number of hydrogen-bond donors (Lipinski definition) is 1. The summed E-state index contributed by atoms with van der Waals surface area (Å²) in [5.74, 6) is 0. The molecular formula is C14H21ClN2O2S. The Morgan fingerprint density at radius 3 is 2.40 bits per heavy atom. The van der Waals surface area contributed by atoms with E-state index in [1.807, 2.05) is 0 Å². The molecule has 0 bridgehead atoms. The normalized spacial score (nSPS) is 20.0. The lowest BCUT2D eigenvalue weighted by atomic mass is 9.83. The molecule has 1 aliphatic rings. The van der Waals surface area contributed by atoms with E-state index in [4.69, 9.17) is 17.3 Å². The monoisotopic (exact) mass is 316 g/mol. The van der Waals surface area contributed by atoms with Gasteiger partial charge in [0.2, 0.25) is 10.0 Å². The number of rotatable bonds is 3. The highest BCUT2D eigenvalue weighted by molar-refractivity contribution is 7.89. The van der Waals surface area contributed by atoms with Gasteiger partial charge in [-0.15, -0.1) is 0 Å². The van der Waals surface area contributed by atoms with Crippen LogP contribution in [0.3, 0.4) is 0 Å². The predicted molar refractivity (Wildman–Crippen MR) is 81.1 cm³/mol. The van der Waals surface area contributed by atoms with Crippen LogP contribution in [0.1, 0.15) is 32.3 Å². The van der Waals surface area contributed by atoms with Gasteiger partial charge < -0.3 is 5.73 Å². The quantitative estimate of drug-likeness (QED) is 0.932. The lowest BCUT2D eigenvalue weighted by molar-refractivity contribution is 0.196. The zero-order chi connectivity index (χ0) is 15.0. The minimum atomic E-state index is -3.51. The van der Waals surface area contributed by atoms with Gasteiger partial charge >= 0.3 is 0 Å². The maximum Gasteiger partial charge on any atom is 0.244 e. The fourth-order valence-corrected chi connectivity index (χ4v) is 4.33. The average molecular weight is 317 g/mol. The third kappa shape index (κ3) is 3.17. The molecule has 20 heavy (non-hydrogen) atoms. The van der Waals surface area contributed by atoms with Crippen molar-refractivity contribution in [3.8, 4) is 0 Å². The Bertz CT molecular complexity index is 589. The Morgan fingerprint density at radius 2 is 1.90 bits per heavy atom. The van der Waals surface area contributed by atoms with Crippen molar-refractivity contribution in [1.29, 1.82) is 0 Å². The summed E-state index contributed by atoms with van der Waals surface area (Å²) in [7, 11) is -3.51. The Hall–Kier alpha value is -0.620. The standard InChI is InChI=1S/C14H21ClN2O2S/c1-14(2)5-7-17(8-6-14)20(18,19)13-4-3-11(10-16)9-12(13)15/h3-4,9H,5-8,10,16H2,1-2H3. The molecule has 6 heteroatoms. The van der Waals surface area contributed by atoms with Gasteiger partial charge in [0, 0.05) is 19.6 Å². The van der Waals surface area contributed by atoms with E-state index in [0.29, 0.717) is 19.6 Å². The highest BCUT2D eigenvalue weighted by Gasteiger charge is 2.33. The summed E-state index contributed by atoms with van der Waals surface area (Å²) in [6, 6.07) is 4.90. The summed E-state index contributed by atoms with van der Waals surface area (Å²) in [5.41, 5.74) is 6.57. The van der Waals surface area contributed by atoms with Crippen LogP contribution in [0.5, 0.6) is 0 Å². The molecule has 0 aromatic heterocycles. The zero-order valence-electron chi connectivity index (χ0n) is 11.9. The Morgan fingerprint density at radius 1 is 1.30 bits per heavy atom. The molecule has 2 rings (SSSR count). The van der Waals surface area contributed by atoms with Crippen LogP contribution in [-0.2, 0) is 16.6 Å². The maximum atomic E-state index is 12.6. The molecule has 1 fully saturated rings.